The average molecular weight is 422 g/mol. The molecule has 6 heteroatoms. The van der Waals surface area contributed by atoms with Crippen molar-refractivity contribution in [3.05, 3.63) is 99.5 Å². The summed E-state index contributed by atoms with van der Waals surface area (Å²) in [6.45, 7) is 4.00. The Hall–Kier alpha value is -3.31. The third kappa shape index (κ3) is 3.53. The van der Waals surface area contributed by atoms with Gasteiger partial charge in [-0.3, -0.25) is 9.59 Å². The number of rotatable bonds is 4. The van der Waals surface area contributed by atoms with Gasteiger partial charge < -0.3 is 14.4 Å². The molecule has 3 aromatic rings. The molecule has 0 saturated carbocycles. The predicted molar refractivity (Wildman–Crippen MR) is 114 cm³/mol. The summed E-state index contributed by atoms with van der Waals surface area (Å²) >= 11 is 6.03. The number of aliphatic hydroxyl groups excluding tert-OH is 1. The number of amides is 1. The van der Waals surface area contributed by atoms with Crippen LogP contribution < -0.4 is 0 Å². The molecule has 1 aliphatic rings. The van der Waals surface area contributed by atoms with Crippen molar-refractivity contribution in [2.75, 3.05) is 0 Å². The van der Waals surface area contributed by atoms with Crippen LogP contribution in [0.15, 0.2) is 70.9 Å². The van der Waals surface area contributed by atoms with E-state index in [0.29, 0.717) is 21.9 Å². The lowest BCUT2D eigenvalue weighted by Crippen LogP contribution is -2.29. The Bertz CT molecular complexity index is 1150. The van der Waals surface area contributed by atoms with Crippen molar-refractivity contribution in [2.24, 2.45) is 0 Å². The van der Waals surface area contributed by atoms with Gasteiger partial charge in [0.1, 0.15) is 11.5 Å². The van der Waals surface area contributed by atoms with Gasteiger partial charge in [-0.2, -0.15) is 0 Å². The zero-order valence-electron chi connectivity index (χ0n) is 16.6. The number of hydrogen-bond acceptors (Lipinski definition) is 4. The predicted octanol–water partition coefficient (Wildman–Crippen LogP) is 5.17. The number of aryl methyl sites for hydroxylation is 2. The fourth-order valence-corrected chi connectivity index (χ4v) is 3.78. The summed E-state index contributed by atoms with van der Waals surface area (Å²) in [6.07, 6.45) is 1.51. The molecule has 1 atom stereocenters. The molecule has 1 saturated heterocycles. The van der Waals surface area contributed by atoms with Crippen molar-refractivity contribution in [2.45, 2.75) is 26.4 Å². The number of carbonyl (C=O) groups excluding carboxylic acids is 2. The van der Waals surface area contributed by atoms with Crippen LogP contribution in [0, 0.1) is 13.8 Å². The van der Waals surface area contributed by atoms with Crippen LogP contribution in [0.5, 0.6) is 0 Å². The fraction of sp³-hybridized carbons (Fsp3) is 0.167. The van der Waals surface area contributed by atoms with E-state index in [-0.39, 0.29) is 17.9 Å². The molecule has 2 heterocycles. The van der Waals surface area contributed by atoms with E-state index in [1.54, 1.807) is 42.5 Å². The number of benzene rings is 2. The minimum Gasteiger partial charge on any atom is -0.507 e. The average Bonchev–Trinajstić information content (AvgIpc) is 3.33. The van der Waals surface area contributed by atoms with Crippen molar-refractivity contribution in [1.29, 1.82) is 0 Å². The van der Waals surface area contributed by atoms with Crippen molar-refractivity contribution >= 4 is 29.1 Å². The molecule has 0 spiro atoms. The molecule has 0 radical (unpaired) electrons. The first-order chi connectivity index (χ1) is 14.4. The summed E-state index contributed by atoms with van der Waals surface area (Å²) in [6, 6.07) is 15.0. The largest absolute Gasteiger partial charge is 0.507 e. The highest BCUT2D eigenvalue weighted by molar-refractivity contribution is 6.46. The number of Topliss-reactive ketones (excluding diaryl/α,β-unsaturated/α-hetero) is 1. The summed E-state index contributed by atoms with van der Waals surface area (Å²) in [5.41, 5.74) is 3.27. The molecule has 4 rings (SSSR count). The van der Waals surface area contributed by atoms with Crippen molar-refractivity contribution in [1.82, 2.24) is 4.90 Å². The first kappa shape index (κ1) is 20.0. The number of ketones is 1. The summed E-state index contributed by atoms with van der Waals surface area (Å²) in [7, 11) is 0. The lowest BCUT2D eigenvalue weighted by molar-refractivity contribution is -0.140. The Morgan fingerprint density at radius 2 is 1.80 bits per heavy atom. The number of furan rings is 1. The molecule has 1 amide bonds. The van der Waals surface area contributed by atoms with E-state index < -0.39 is 17.7 Å². The number of likely N-dealkylation sites (tertiary alicyclic amines) is 1. The minimum atomic E-state index is -0.756. The van der Waals surface area contributed by atoms with E-state index in [1.807, 2.05) is 26.0 Å². The van der Waals surface area contributed by atoms with Crippen LogP contribution >= 0.6 is 11.6 Å². The first-order valence-corrected chi connectivity index (χ1v) is 9.88. The van der Waals surface area contributed by atoms with Crippen LogP contribution in [0.25, 0.3) is 5.76 Å². The van der Waals surface area contributed by atoms with Crippen LogP contribution in [0.2, 0.25) is 5.02 Å². The number of carbonyl (C=O) groups is 2. The second kappa shape index (κ2) is 7.84. The Morgan fingerprint density at radius 1 is 1.07 bits per heavy atom. The summed E-state index contributed by atoms with van der Waals surface area (Å²) in [4.78, 5) is 27.3. The molecular formula is C24H20ClNO4. The molecule has 30 heavy (non-hydrogen) atoms. The summed E-state index contributed by atoms with van der Waals surface area (Å²) in [5, 5.41) is 11.6. The van der Waals surface area contributed by atoms with Gasteiger partial charge in [0.05, 0.1) is 24.4 Å². The number of nitrogens with zero attached hydrogens (tertiary/aromatic N) is 1. The Balaban J connectivity index is 1.87. The molecule has 1 unspecified atom stereocenters. The van der Waals surface area contributed by atoms with Gasteiger partial charge in [0.25, 0.3) is 11.7 Å². The molecule has 1 aromatic heterocycles. The maximum Gasteiger partial charge on any atom is 0.296 e. The van der Waals surface area contributed by atoms with E-state index in [0.717, 1.165) is 11.1 Å². The quantitative estimate of drug-likeness (QED) is 0.358. The second-order valence-corrected chi connectivity index (χ2v) is 7.79. The van der Waals surface area contributed by atoms with E-state index in [2.05, 4.69) is 0 Å². The number of aliphatic hydroxyl groups is 1. The molecule has 1 fully saturated rings. The van der Waals surface area contributed by atoms with Gasteiger partial charge in [-0.05, 0) is 60.9 Å². The van der Waals surface area contributed by atoms with Gasteiger partial charge in [-0.25, -0.2) is 0 Å². The lowest BCUT2D eigenvalue weighted by atomic mass is 9.94. The molecule has 0 aliphatic carbocycles. The van der Waals surface area contributed by atoms with Gasteiger partial charge in [0.15, 0.2) is 0 Å². The highest BCUT2D eigenvalue weighted by Gasteiger charge is 2.46. The maximum atomic E-state index is 13.0. The van der Waals surface area contributed by atoms with Gasteiger partial charge >= 0.3 is 0 Å². The monoisotopic (exact) mass is 421 g/mol. The smallest absolute Gasteiger partial charge is 0.296 e. The summed E-state index contributed by atoms with van der Waals surface area (Å²) in [5.74, 6) is -1.06. The standard InChI is InChI=1S/C24H20ClNO4/c1-14-5-6-17(12-15(14)2)22(27)20-21(16-7-9-18(25)10-8-16)26(24(29)23(20)28)13-19-4-3-11-30-19/h3-12,21,27H,13H2,1-2H3/b22-20-. The van der Waals surface area contributed by atoms with Crippen molar-refractivity contribution in [3.8, 4) is 0 Å². The van der Waals surface area contributed by atoms with E-state index in [4.69, 9.17) is 16.0 Å². The van der Waals surface area contributed by atoms with Crippen molar-refractivity contribution in [3.63, 3.8) is 0 Å². The SMILES string of the molecule is Cc1ccc(/C(O)=C2/C(=O)C(=O)N(Cc3ccco3)C2c2ccc(Cl)cc2)cc1C. The molecular weight excluding hydrogens is 402 g/mol. The third-order valence-electron chi connectivity index (χ3n) is 5.41. The van der Waals surface area contributed by atoms with Gasteiger partial charge in [0, 0.05) is 10.6 Å². The highest BCUT2D eigenvalue weighted by Crippen LogP contribution is 2.40. The highest BCUT2D eigenvalue weighted by atomic mass is 35.5. The minimum absolute atomic E-state index is 0.0529. The molecule has 1 aliphatic heterocycles. The van der Waals surface area contributed by atoms with Crippen LogP contribution in [-0.2, 0) is 16.1 Å². The van der Waals surface area contributed by atoms with Gasteiger partial charge in [-0.15, -0.1) is 0 Å². The van der Waals surface area contributed by atoms with Crippen LogP contribution in [0.3, 0.4) is 0 Å². The topological polar surface area (TPSA) is 70.8 Å². The van der Waals surface area contributed by atoms with E-state index >= 15 is 0 Å². The Kier molecular flexibility index (Phi) is 5.22. The van der Waals surface area contributed by atoms with E-state index in [9.17, 15) is 14.7 Å². The second-order valence-electron chi connectivity index (χ2n) is 7.36. The number of halogens is 1. The fourth-order valence-electron chi connectivity index (χ4n) is 3.65. The Labute approximate surface area is 179 Å². The number of hydrogen-bond donors (Lipinski definition) is 1. The molecule has 152 valence electrons. The van der Waals surface area contributed by atoms with E-state index in [1.165, 1.54) is 11.2 Å². The molecule has 5 nitrogen and oxygen atoms in total. The van der Waals surface area contributed by atoms with Crippen LogP contribution in [0.4, 0.5) is 0 Å². The molecule has 2 aromatic carbocycles. The van der Waals surface area contributed by atoms with Crippen LogP contribution in [-0.4, -0.2) is 21.7 Å². The maximum absolute atomic E-state index is 13.0. The normalized spacial score (nSPS) is 18.2. The van der Waals surface area contributed by atoms with Gasteiger partial charge in [0.2, 0.25) is 0 Å². The third-order valence-corrected chi connectivity index (χ3v) is 5.66. The van der Waals surface area contributed by atoms with Crippen molar-refractivity contribution < 1.29 is 19.1 Å². The van der Waals surface area contributed by atoms with Crippen LogP contribution in [0.1, 0.15) is 34.1 Å². The molecule has 0 bridgehead atoms. The van der Waals surface area contributed by atoms with Gasteiger partial charge in [-0.1, -0.05) is 35.9 Å². The lowest BCUT2D eigenvalue weighted by Gasteiger charge is -2.24. The Morgan fingerprint density at radius 3 is 2.43 bits per heavy atom. The molecule has 1 N–H and O–H groups in total. The summed E-state index contributed by atoms with van der Waals surface area (Å²) < 4.78 is 5.39. The first-order valence-electron chi connectivity index (χ1n) is 9.50. The zero-order chi connectivity index (χ0) is 21.4. The zero-order valence-corrected chi connectivity index (χ0v) is 17.3.